The minimum Gasteiger partial charge on any atom is -0.480 e. The van der Waals surface area contributed by atoms with E-state index < -0.39 is 51.1 Å². The lowest BCUT2D eigenvalue weighted by atomic mass is 10.0. The second kappa shape index (κ2) is 40.7. The number of esters is 2. The molecule has 3 atom stereocenters. The van der Waals surface area contributed by atoms with E-state index >= 15 is 0 Å². The molecule has 0 aromatic carbocycles. The van der Waals surface area contributed by atoms with Gasteiger partial charge in [0.25, 0.3) is 0 Å². The summed E-state index contributed by atoms with van der Waals surface area (Å²) >= 11 is 0. The number of carboxylic acid groups (broad SMARTS) is 1. The molecule has 0 rings (SSSR count). The number of carboxylic acids is 1. The first-order valence-electron chi connectivity index (χ1n) is 22.0. The summed E-state index contributed by atoms with van der Waals surface area (Å²) in [6.45, 7) is 2.61. The fraction of sp³-hybridized carbons (Fsp3) is 0.674. The van der Waals surface area contributed by atoms with Crippen LogP contribution in [0.1, 0.15) is 168 Å². The van der Waals surface area contributed by atoms with Crippen molar-refractivity contribution < 1.29 is 47.5 Å². The van der Waals surface area contributed by atoms with Gasteiger partial charge in [-0.25, -0.2) is 4.57 Å². The van der Waals surface area contributed by atoms with Crippen molar-refractivity contribution in [2.75, 3.05) is 19.8 Å². The maximum absolute atomic E-state index is 12.6. The predicted molar refractivity (Wildman–Crippen MR) is 235 cm³/mol. The quantitative estimate of drug-likeness (QED) is 0.0232. The van der Waals surface area contributed by atoms with Crippen LogP contribution in [0, 0.1) is 0 Å². The smallest absolute Gasteiger partial charge is 0.472 e. The molecule has 0 aliphatic heterocycles. The first-order valence-corrected chi connectivity index (χ1v) is 23.5. The van der Waals surface area contributed by atoms with Crippen molar-refractivity contribution in [3.63, 3.8) is 0 Å². The normalized spacial score (nSPS) is 14.4. The molecule has 58 heavy (non-hydrogen) atoms. The number of hydrogen-bond donors (Lipinski definition) is 3. The molecule has 0 aromatic heterocycles. The van der Waals surface area contributed by atoms with Crippen LogP contribution in [0.25, 0.3) is 0 Å². The average Bonchev–Trinajstić information content (AvgIpc) is 3.20. The molecule has 0 aromatic rings. The van der Waals surface area contributed by atoms with E-state index in [0.717, 1.165) is 51.4 Å². The van der Waals surface area contributed by atoms with Crippen molar-refractivity contribution in [3.05, 3.63) is 72.9 Å². The number of allylic oxidation sites excluding steroid dienone is 12. The number of phosphoric acid groups is 1. The highest BCUT2D eigenvalue weighted by Gasteiger charge is 2.28. The molecule has 0 aliphatic carbocycles. The molecule has 11 nitrogen and oxygen atoms in total. The van der Waals surface area contributed by atoms with Crippen molar-refractivity contribution in [3.8, 4) is 0 Å². The van der Waals surface area contributed by atoms with E-state index in [1.807, 2.05) is 18.2 Å². The minimum atomic E-state index is -4.74. The molecule has 0 saturated carbocycles. The van der Waals surface area contributed by atoms with Crippen molar-refractivity contribution in [1.29, 1.82) is 0 Å². The fourth-order valence-corrected chi connectivity index (χ4v) is 6.34. The van der Waals surface area contributed by atoms with Crippen LogP contribution in [-0.2, 0) is 37.5 Å². The van der Waals surface area contributed by atoms with Gasteiger partial charge in [0, 0.05) is 12.8 Å². The molecule has 0 fully saturated rings. The van der Waals surface area contributed by atoms with Crippen LogP contribution < -0.4 is 5.73 Å². The van der Waals surface area contributed by atoms with Gasteiger partial charge < -0.3 is 25.2 Å². The Balaban J connectivity index is 4.49. The van der Waals surface area contributed by atoms with Gasteiger partial charge in [0.1, 0.15) is 12.6 Å². The number of hydrogen-bond acceptors (Lipinski definition) is 9. The van der Waals surface area contributed by atoms with Crippen LogP contribution in [-0.4, -0.2) is 59.9 Å². The number of phosphoric ester groups is 1. The maximum Gasteiger partial charge on any atom is 0.472 e. The van der Waals surface area contributed by atoms with Gasteiger partial charge in [-0.2, -0.15) is 0 Å². The van der Waals surface area contributed by atoms with Crippen LogP contribution in [0.15, 0.2) is 72.9 Å². The molecule has 0 bridgehead atoms. The van der Waals surface area contributed by atoms with Crippen molar-refractivity contribution >= 4 is 25.7 Å². The van der Waals surface area contributed by atoms with Crippen LogP contribution >= 0.6 is 7.82 Å². The molecule has 12 heteroatoms. The Morgan fingerprint density at radius 3 is 1.41 bits per heavy atom. The summed E-state index contributed by atoms with van der Waals surface area (Å²) in [5, 5.41) is 8.89. The first kappa shape index (κ1) is 54.9. The summed E-state index contributed by atoms with van der Waals surface area (Å²) in [7, 11) is -4.74. The molecular formula is C46H78NO10P. The fourth-order valence-electron chi connectivity index (χ4n) is 5.56. The van der Waals surface area contributed by atoms with E-state index in [2.05, 4.69) is 73.1 Å². The third-order valence-electron chi connectivity index (χ3n) is 8.98. The Labute approximate surface area is 350 Å². The molecule has 0 amide bonds. The SMILES string of the molecule is CC/C=C\C/C=C\C/C=C\C/C=C\C/C=C\C/C=C\CCC(=O)OC(COC(=O)CCCCCCCCCCCCCCCCC)COP(=O)(O)OCC(N)C(=O)O. The lowest BCUT2D eigenvalue weighted by Gasteiger charge is -2.20. The number of aliphatic carboxylic acids is 1. The van der Waals surface area contributed by atoms with E-state index in [-0.39, 0.29) is 19.4 Å². The number of carbonyl (C=O) groups excluding carboxylic acids is 2. The van der Waals surface area contributed by atoms with Gasteiger partial charge in [-0.05, 0) is 51.4 Å². The minimum absolute atomic E-state index is 0.0342. The zero-order valence-corrected chi connectivity index (χ0v) is 36.8. The van der Waals surface area contributed by atoms with Crippen LogP contribution in [0.4, 0.5) is 0 Å². The zero-order chi connectivity index (χ0) is 42.8. The summed E-state index contributed by atoms with van der Waals surface area (Å²) < 4.78 is 32.6. The summed E-state index contributed by atoms with van der Waals surface area (Å²) in [5.41, 5.74) is 5.33. The second-order valence-electron chi connectivity index (χ2n) is 14.5. The van der Waals surface area contributed by atoms with E-state index in [0.29, 0.717) is 19.3 Å². The summed E-state index contributed by atoms with van der Waals surface area (Å²) in [4.78, 5) is 45.9. The number of ether oxygens (including phenoxy) is 2. The van der Waals surface area contributed by atoms with Gasteiger partial charge >= 0.3 is 25.7 Å². The highest BCUT2D eigenvalue weighted by molar-refractivity contribution is 7.47. The Morgan fingerprint density at radius 1 is 0.552 bits per heavy atom. The van der Waals surface area contributed by atoms with Gasteiger partial charge in [-0.15, -0.1) is 0 Å². The van der Waals surface area contributed by atoms with E-state index in [9.17, 15) is 23.8 Å². The molecule has 0 radical (unpaired) electrons. The van der Waals surface area contributed by atoms with Crippen LogP contribution in [0.3, 0.4) is 0 Å². The van der Waals surface area contributed by atoms with Gasteiger partial charge in [0.15, 0.2) is 6.10 Å². The Kier molecular flexibility index (Phi) is 38.5. The molecule has 0 saturated heterocycles. The van der Waals surface area contributed by atoms with E-state index in [1.54, 1.807) is 0 Å². The predicted octanol–water partition coefficient (Wildman–Crippen LogP) is 11.7. The van der Waals surface area contributed by atoms with Crippen LogP contribution in [0.5, 0.6) is 0 Å². The highest BCUT2D eigenvalue weighted by Crippen LogP contribution is 2.43. The summed E-state index contributed by atoms with van der Waals surface area (Å²) in [5.74, 6) is -2.49. The Bertz CT molecular complexity index is 1260. The third kappa shape index (κ3) is 39.7. The van der Waals surface area contributed by atoms with Gasteiger partial charge in [-0.3, -0.25) is 23.4 Å². The number of carbonyl (C=O) groups is 3. The molecular weight excluding hydrogens is 757 g/mol. The maximum atomic E-state index is 12.6. The van der Waals surface area contributed by atoms with Crippen molar-refractivity contribution in [2.24, 2.45) is 5.73 Å². The molecule has 0 aliphatic rings. The molecule has 332 valence electrons. The lowest BCUT2D eigenvalue weighted by Crippen LogP contribution is -2.34. The first-order chi connectivity index (χ1) is 28.1. The second-order valence-corrected chi connectivity index (χ2v) is 15.9. The van der Waals surface area contributed by atoms with Gasteiger partial charge in [0.05, 0.1) is 13.2 Å². The molecule has 4 N–H and O–H groups in total. The number of unbranched alkanes of at least 4 members (excludes halogenated alkanes) is 14. The topological polar surface area (TPSA) is 172 Å². The lowest BCUT2D eigenvalue weighted by molar-refractivity contribution is -0.161. The van der Waals surface area contributed by atoms with E-state index in [4.69, 9.17) is 24.8 Å². The van der Waals surface area contributed by atoms with Crippen molar-refractivity contribution in [2.45, 2.75) is 180 Å². The number of rotatable bonds is 40. The largest absolute Gasteiger partial charge is 0.480 e. The third-order valence-corrected chi connectivity index (χ3v) is 9.93. The Hall–Kier alpha value is -3.08. The molecule has 0 spiro atoms. The van der Waals surface area contributed by atoms with Crippen molar-refractivity contribution in [1.82, 2.24) is 0 Å². The molecule has 0 heterocycles. The monoisotopic (exact) mass is 836 g/mol. The number of nitrogens with two attached hydrogens (primary N) is 1. The van der Waals surface area contributed by atoms with E-state index in [1.165, 1.54) is 70.6 Å². The van der Waals surface area contributed by atoms with Gasteiger partial charge in [0.2, 0.25) is 0 Å². The molecule has 3 unspecified atom stereocenters. The average molecular weight is 836 g/mol. The Morgan fingerprint density at radius 2 is 0.966 bits per heavy atom. The van der Waals surface area contributed by atoms with Gasteiger partial charge in [-0.1, -0.05) is 177 Å². The summed E-state index contributed by atoms with van der Waals surface area (Å²) in [6, 6.07) is -1.53. The summed E-state index contributed by atoms with van der Waals surface area (Å²) in [6.07, 6.45) is 48.4. The standard InChI is InChI=1S/C46H78NO10P/c1-3-5-7-9-11-13-15-17-19-20-21-22-24-26-28-30-32-34-36-38-45(49)57-42(40-55-58(52,53)56-41-43(47)46(50)51)39-54-44(48)37-35-33-31-29-27-25-23-18-16-14-12-10-8-6-4-2/h5,7,11,13,17,19,21-22,26,28,32,34,42-43H,3-4,6,8-10,12,14-16,18,20,23-25,27,29-31,33,35-41,47H2,1-2H3,(H,50,51)(H,52,53)/b7-5-,13-11-,19-17-,22-21-,28-26-,34-32-. The highest BCUT2D eigenvalue weighted by atomic mass is 31.2. The zero-order valence-electron chi connectivity index (χ0n) is 35.9. The van der Waals surface area contributed by atoms with Crippen LogP contribution in [0.2, 0.25) is 0 Å².